The maximum Gasteiger partial charge on any atom is 0.303 e. The number of esters is 3. The molecule has 0 unspecified atom stereocenters. The molecule has 0 rings (SSSR count). The Morgan fingerprint density at radius 1 is 0.857 bits per heavy atom. The van der Waals surface area contributed by atoms with Gasteiger partial charge < -0.3 is 23.7 Å². The lowest BCUT2D eigenvalue weighted by molar-refractivity contribution is -0.179. The van der Waals surface area contributed by atoms with E-state index in [0.717, 1.165) is 6.92 Å². The van der Waals surface area contributed by atoms with E-state index in [1.54, 1.807) is 0 Å². The Labute approximate surface area is 126 Å². The smallest absolute Gasteiger partial charge is 0.303 e. The number of carbonyl (C=O) groups excluding carboxylic acids is 3. The fourth-order valence-electron chi connectivity index (χ4n) is 1.50. The first kappa shape index (κ1) is 15.7. The van der Waals surface area contributed by atoms with Crippen molar-refractivity contribution in [2.75, 3.05) is 27.4 Å². The second kappa shape index (κ2) is 10.1. The van der Waals surface area contributed by atoms with Gasteiger partial charge in [0.05, 0.1) is 2.74 Å². The number of ether oxygens (including phenoxy) is 5. The van der Waals surface area contributed by atoms with E-state index < -0.39 is 50.4 Å². The Morgan fingerprint density at radius 3 is 1.81 bits per heavy atom. The lowest BCUT2D eigenvalue weighted by Crippen LogP contribution is -2.47. The summed E-state index contributed by atoms with van der Waals surface area (Å²) >= 11 is 0. The molecular formula is C13H22O8. The van der Waals surface area contributed by atoms with E-state index in [9.17, 15) is 14.4 Å². The summed E-state index contributed by atoms with van der Waals surface area (Å²) in [6.45, 7) is 2.95. The maximum absolute atomic E-state index is 11.2. The van der Waals surface area contributed by atoms with Crippen molar-refractivity contribution in [3.63, 3.8) is 0 Å². The van der Waals surface area contributed by atoms with Crippen LogP contribution in [0.25, 0.3) is 0 Å². The third-order valence-corrected chi connectivity index (χ3v) is 2.36. The summed E-state index contributed by atoms with van der Waals surface area (Å²) in [5, 5.41) is 0. The minimum absolute atomic E-state index is 0.267. The summed E-state index contributed by atoms with van der Waals surface area (Å²) in [5.74, 6) is -1.82. The topological polar surface area (TPSA) is 97.4 Å². The van der Waals surface area contributed by atoms with Gasteiger partial charge in [0.2, 0.25) is 0 Å². The first-order valence-electron chi connectivity index (χ1n) is 7.48. The Hall–Kier alpha value is -1.67. The van der Waals surface area contributed by atoms with Gasteiger partial charge >= 0.3 is 17.9 Å². The normalized spacial score (nSPS) is 16.0. The van der Waals surface area contributed by atoms with Gasteiger partial charge in [0.1, 0.15) is 25.4 Å². The number of carbonyl (C=O) groups is 3. The van der Waals surface area contributed by atoms with Crippen molar-refractivity contribution >= 4 is 17.9 Å². The highest BCUT2D eigenvalue weighted by Gasteiger charge is 2.34. The van der Waals surface area contributed by atoms with Crippen LogP contribution < -0.4 is 0 Å². The highest BCUT2D eigenvalue weighted by molar-refractivity contribution is 5.67. The van der Waals surface area contributed by atoms with Gasteiger partial charge in [0, 0.05) is 34.9 Å². The molecule has 0 fully saturated rings. The molecule has 0 aromatic rings. The summed E-state index contributed by atoms with van der Waals surface area (Å²) in [6.07, 6.45) is -3.10. The average Bonchev–Trinajstić information content (AvgIpc) is 2.45. The van der Waals surface area contributed by atoms with Crippen LogP contribution in [0, 0.1) is 0 Å². The van der Waals surface area contributed by atoms with Crippen LogP contribution in [0.15, 0.2) is 0 Å². The average molecular weight is 308 g/mol. The van der Waals surface area contributed by atoms with Gasteiger partial charge in [-0.15, -0.1) is 0 Å². The molecule has 0 aliphatic rings. The molecular weight excluding hydrogens is 284 g/mol. The number of methoxy groups -OCH3 is 2. The highest BCUT2D eigenvalue weighted by Crippen LogP contribution is 2.13. The molecule has 122 valence electrons. The SMILES string of the molecule is [2H]CO[C@H]([C@H](COC(C)=O)OC(C)=O)[C@@H](COC(C)=O)OC[2H]. The summed E-state index contributed by atoms with van der Waals surface area (Å²) in [6, 6.07) is 0. The molecule has 0 saturated heterocycles. The molecule has 0 aliphatic heterocycles. The molecule has 0 radical (unpaired) electrons. The van der Waals surface area contributed by atoms with Crippen LogP contribution in [-0.2, 0) is 38.1 Å². The Bertz CT molecular complexity index is 390. The van der Waals surface area contributed by atoms with Gasteiger partial charge in [-0.25, -0.2) is 0 Å². The quantitative estimate of drug-likeness (QED) is 0.436. The van der Waals surface area contributed by atoms with E-state index in [4.69, 9.17) is 26.4 Å². The largest absolute Gasteiger partial charge is 0.463 e. The Kier molecular flexibility index (Phi) is 7.57. The van der Waals surface area contributed by atoms with Crippen LogP contribution in [0.3, 0.4) is 0 Å². The van der Waals surface area contributed by atoms with Crippen LogP contribution in [-0.4, -0.2) is 63.6 Å². The monoisotopic (exact) mass is 308 g/mol. The third kappa shape index (κ3) is 8.26. The molecule has 0 aromatic heterocycles. The molecule has 0 amide bonds. The van der Waals surface area contributed by atoms with Gasteiger partial charge in [-0.3, -0.25) is 14.4 Å². The fraction of sp³-hybridized carbons (Fsp3) is 0.769. The van der Waals surface area contributed by atoms with E-state index in [0.29, 0.717) is 0 Å². The fourth-order valence-corrected chi connectivity index (χ4v) is 1.50. The minimum Gasteiger partial charge on any atom is -0.463 e. The molecule has 0 saturated carbocycles. The third-order valence-electron chi connectivity index (χ3n) is 2.36. The molecule has 8 nitrogen and oxygen atoms in total. The summed E-state index contributed by atoms with van der Waals surface area (Å²) in [7, 11) is -0.968. The second-order valence-corrected chi connectivity index (χ2v) is 4.09. The molecule has 0 aliphatic carbocycles. The van der Waals surface area contributed by atoms with E-state index in [-0.39, 0.29) is 13.2 Å². The lowest BCUT2D eigenvalue weighted by Gasteiger charge is -2.30. The molecule has 0 bridgehead atoms. The predicted octanol–water partition coefficient (Wildman–Crippen LogP) is 0.0743. The van der Waals surface area contributed by atoms with Gasteiger partial charge in [-0.1, -0.05) is 0 Å². The van der Waals surface area contributed by atoms with Gasteiger partial charge in [0.15, 0.2) is 6.10 Å². The number of hydrogen-bond acceptors (Lipinski definition) is 8. The van der Waals surface area contributed by atoms with Crippen LogP contribution in [0.4, 0.5) is 0 Å². The van der Waals surface area contributed by atoms with E-state index in [1.807, 2.05) is 0 Å². The van der Waals surface area contributed by atoms with Crippen LogP contribution in [0.1, 0.15) is 23.5 Å². The van der Waals surface area contributed by atoms with Gasteiger partial charge in [-0.2, -0.15) is 0 Å². The summed E-state index contributed by atoms with van der Waals surface area (Å²) in [5.41, 5.74) is 0. The molecule has 3 atom stereocenters. The van der Waals surface area contributed by atoms with Gasteiger partial charge in [-0.05, 0) is 0 Å². The van der Waals surface area contributed by atoms with Crippen molar-refractivity contribution in [3.05, 3.63) is 0 Å². The molecule has 0 spiro atoms. The number of rotatable bonds is 9. The zero-order valence-electron chi connectivity index (χ0n) is 14.3. The highest BCUT2D eigenvalue weighted by atomic mass is 16.6. The van der Waals surface area contributed by atoms with Crippen molar-refractivity contribution in [3.8, 4) is 0 Å². The van der Waals surface area contributed by atoms with Crippen LogP contribution in [0.2, 0.25) is 0 Å². The van der Waals surface area contributed by atoms with Crippen LogP contribution in [0.5, 0.6) is 0 Å². The first-order chi connectivity index (χ1) is 10.8. The van der Waals surface area contributed by atoms with Crippen molar-refractivity contribution in [1.82, 2.24) is 0 Å². The molecule has 21 heavy (non-hydrogen) atoms. The van der Waals surface area contributed by atoms with E-state index in [1.165, 1.54) is 13.8 Å². The zero-order chi connectivity index (χ0) is 17.8. The van der Waals surface area contributed by atoms with E-state index >= 15 is 0 Å². The molecule has 8 heteroatoms. The maximum atomic E-state index is 11.2. The van der Waals surface area contributed by atoms with Crippen molar-refractivity contribution in [2.45, 2.75) is 39.1 Å². The molecule has 0 N–H and O–H groups in total. The summed E-state index contributed by atoms with van der Waals surface area (Å²) < 4.78 is 39.3. The minimum atomic E-state index is -1.08. The number of hydrogen-bond donors (Lipinski definition) is 0. The zero-order valence-corrected chi connectivity index (χ0v) is 12.3. The summed E-state index contributed by atoms with van der Waals surface area (Å²) in [4.78, 5) is 33.1. The molecule has 0 heterocycles. The van der Waals surface area contributed by atoms with Crippen molar-refractivity contribution < 1.29 is 40.8 Å². The van der Waals surface area contributed by atoms with Crippen molar-refractivity contribution in [2.24, 2.45) is 0 Å². The predicted molar refractivity (Wildman–Crippen MR) is 70.4 cm³/mol. The lowest BCUT2D eigenvalue weighted by atomic mass is 10.1. The Balaban J connectivity index is 5.18. The molecule has 0 aromatic carbocycles. The van der Waals surface area contributed by atoms with Crippen LogP contribution >= 0.6 is 0 Å². The first-order valence-corrected chi connectivity index (χ1v) is 6.07. The van der Waals surface area contributed by atoms with E-state index in [2.05, 4.69) is 0 Å². The second-order valence-electron chi connectivity index (χ2n) is 4.09. The van der Waals surface area contributed by atoms with Crippen molar-refractivity contribution in [1.29, 1.82) is 0 Å². The standard InChI is InChI=1S/C13H22O8/c1-8(14)19-6-11(17-4)13(18-5)12(21-10(3)16)7-20-9(2)15/h11-13H,6-7H2,1-5H3/t11-,12+,13+/m1/s1/i4D,5D. The van der Waals surface area contributed by atoms with Gasteiger partial charge in [0.25, 0.3) is 0 Å². The Morgan fingerprint density at radius 2 is 1.38 bits per heavy atom.